The fourth-order valence-electron chi connectivity index (χ4n) is 1.63. The van der Waals surface area contributed by atoms with E-state index in [0.717, 1.165) is 25.0 Å². The Kier molecular flexibility index (Phi) is 6.87. The minimum Gasteiger partial charge on any atom is -0.398 e. The number of aliphatic hydroxyl groups excluding tert-OH is 1. The van der Waals surface area contributed by atoms with Gasteiger partial charge in [-0.15, -0.1) is 0 Å². The van der Waals surface area contributed by atoms with Crippen molar-refractivity contribution in [2.75, 3.05) is 18.9 Å². The fourth-order valence-corrected chi connectivity index (χ4v) is 3.11. The highest BCUT2D eigenvalue weighted by atomic mass is 79.9. The summed E-state index contributed by atoms with van der Waals surface area (Å²) in [7, 11) is -3.90. The van der Waals surface area contributed by atoms with Crippen LogP contribution in [0.15, 0.2) is 21.5 Å². The van der Waals surface area contributed by atoms with Crippen molar-refractivity contribution < 1.29 is 17.9 Å². The van der Waals surface area contributed by atoms with Gasteiger partial charge < -0.3 is 10.8 Å². The summed E-state index contributed by atoms with van der Waals surface area (Å²) in [5.74, 6) is -0.848. The van der Waals surface area contributed by atoms with Gasteiger partial charge in [0.15, 0.2) is 0 Å². The number of unbranched alkanes of at least 4 members (excludes halogenated alkanes) is 3. The highest BCUT2D eigenvalue weighted by molar-refractivity contribution is 9.10. The van der Waals surface area contributed by atoms with E-state index in [9.17, 15) is 12.8 Å². The van der Waals surface area contributed by atoms with Gasteiger partial charge in [0, 0.05) is 23.3 Å². The maximum Gasteiger partial charge on any atom is 0.243 e. The summed E-state index contributed by atoms with van der Waals surface area (Å²) < 4.78 is 40.2. The third-order valence-electron chi connectivity index (χ3n) is 2.72. The molecule has 0 fully saturated rings. The molecule has 1 aromatic carbocycles. The van der Waals surface area contributed by atoms with Crippen molar-refractivity contribution in [1.82, 2.24) is 4.72 Å². The van der Waals surface area contributed by atoms with Gasteiger partial charge in [-0.25, -0.2) is 17.5 Å². The molecule has 0 unspecified atom stereocenters. The molecular weight excluding hydrogens is 351 g/mol. The van der Waals surface area contributed by atoms with Gasteiger partial charge >= 0.3 is 0 Å². The van der Waals surface area contributed by atoms with E-state index >= 15 is 0 Å². The number of hydrogen-bond acceptors (Lipinski definition) is 4. The number of anilines is 1. The standard InChI is InChI=1S/C12H18BrFN2O3S/c13-9-7-10(14)12(8-11(9)15)20(18,19)16-5-3-1-2-4-6-17/h7-8,16-17H,1-6,15H2. The first-order valence-electron chi connectivity index (χ1n) is 6.23. The molecule has 0 amide bonds. The van der Waals surface area contributed by atoms with Crippen LogP contribution in [-0.2, 0) is 10.0 Å². The zero-order valence-corrected chi connectivity index (χ0v) is 13.3. The molecule has 0 radical (unpaired) electrons. The van der Waals surface area contributed by atoms with Crippen molar-refractivity contribution in [1.29, 1.82) is 0 Å². The molecule has 0 aromatic heterocycles. The van der Waals surface area contributed by atoms with Crippen molar-refractivity contribution in [3.63, 3.8) is 0 Å². The Hall–Kier alpha value is -0.700. The molecule has 8 heteroatoms. The third kappa shape index (κ3) is 5.01. The molecule has 0 spiro atoms. The van der Waals surface area contributed by atoms with Crippen molar-refractivity contribution >= 4 is 31.6 Å². The molecule has 0 saturated carbocycles. The predicted molar refractivity (Wildman–Crippen MR) is 79.3 cm³/mol. The fraction of sp³-hybridized carbons (Fsp3) is 0.500. The lowest BCUT2D eigenvalue weighted by Gasteiger charge is -2.09. The van der Waals surface area contributed by atoms with E-state index in [2.05, 4.69) is 20.7 Å². The molecule has 1 rings (SSSR count). The summed E-state index contributed by atoms with van der Waals surface area (Å²) in [5.41, 5.74) is 5.73. The van der Waals surface area contributed by atoms with Crippen molar-refractivity contribution in [3.8, 4) is 0 Å². The zero-order valence-electron chi connectivity index (χ0n) is 10.9. The number of hydrogen-bond donors (Lipinski definition) is 3. The first-order chi connectivity index (χ1) is 9.38. The highest BCUT2D eigenvalue weighted by Gasteiger charge is 2.20. The lowest BCUT2D eigenvalue weighted by molar-refractivity contribution is 0.282. The van der Waals surface area contributed by atoms with E-state index in [1.807, 2.05) is 0 Å². The van der Waals surface area contributed by atoms with Crippen LogP contribution in [-0.4, -0.2) is 26.7 Å². The van der Waals surface area contributed by atoms with E-state index in [0.29, 0.717) is 17.3 Å². The van der Waals surface area contributed by atoms with Crippen molar-refractivity contribution in [2.45, 2.75) is 30.6 Å². The average molecular weight is 369 g/mol. The summed E-state index contributed by atoms with van der Waals surface area (Å²) in [5, 5.41) is 8.61. The highest BCUT2D eigenvalue weighted by Crippen LogP contribution is 2.25. The average Bonchev–Trinajstić information content (AvgIpc) is 2.37. The Bertz CT molecular complexity index is 552. The summed E-state index contributed by atoms with van der Waals surface area (Å²) in [6, 6.07) is 2.12. The summed E-state index contributed by atoms with van der Waals surface area (Å²) >= 11 is 3.03. The van der Waals surface area contributed by atoms with Gasteiger partial charge in [0.25, 0.3) is 0 Å². The monoisotopic (exact) mass is 368 g/mol. The maximum absolute atomic E-state index is 13.7. The minimum absolute atomic E-state index is 0.134. The molecule has 20 heavy (non-hydrogen) atoms. The molecule has 4 N–H and O–H groups in total. The maximum atomic E-state index is 13.7. The smallest absolute Gasteiger partial charge is 0.243 e. The van der Waals surface area contributed by atoms with Gasteiger partial charge in [-0.1, -0.05) is 12.8 Å². The minimum atomic E-state index is -3.90. The normalized spacial score (nSPS) is 11.8. The van der Waals surface area contributed by atoms with Crippen LogP contribution >= 0.6 is 15.9 Å². The molecule has 1 aromatic rings. The quantitative estimate of drug-likeness (QED) is 0.483. The van der Waals surface area contributed by atoms with Gasteiger partial charge in [-0.3, -0.25) is 0 Å². The number of halogens is 2. The summed E-state index contributed by atoms with van der Waals surface area (Å²) in [6.45, 7) is 0.359. The largest absolute Gasteiger partial charge is 0.398 e. The van der Waals surface area contributed by atoms with Gasteiger partial charge in [-0.05, 0) is 40.9 Å². The first-order valence-corrected chi connectivity index (χ1v) is 8.51. The Labute approximate surface area is 126 Å². The number of nitrogens with two attached hydrogens (primary N) is 1. The molecule has 0 aliphatic carbocycles. The first kappa shape index (κ1) is 17.4. The Morgan fingerprint density at radius 1 is 1.25 bits per heavy atom. The zero-order chi connectivity index (χ0) is 15.2. The van der Waals surface area contributed by atoms with Crippen LogP contribution in [0, 0.1) is 5.82 Å². The van der Waals surface area contributed by atoms with Gasteiger partial charge in [0.2, 0.25) is 10.0 Å². The molecule has 114 valence electrons. The van der Waals surface area contributed by atoms with Crippen LogP contribution in [0.1, 0.15) is 25.7 Å². The SMILES string of the molecule is Nc1cc(S(=O)(=O)NCCCCCCO)c(F)cc1Br. The topological polar surface area (TPSA) is 92.4 Å². The van der Waals surface area contributed by atoms with E-state index in [1.165, 1.54) is 0 Å². The molecule has 5 nitrogen and oxygen atoms in total. The lowest BCUT2D eigenvalue weighted by Crippen LogP contribution is -2.25. The molecule has 0 saturated heterocycles. The van der Waals surface area contributed by atoms with E-state index in [-0.39, 0.29) is 18.8 Å². The third-order valence-corrected chi connectivity index (χ3v) is 4.88. The van der Waals surface area contributed by atoms with Crippen molar-refractivity contribution in [3.05, 3.63) is 22.4 Å². The molecule has 0 heterocycles. The van der Waals surface area contributed by atoms with Crippen LogP contribution in [0.3, 0.4) is 0 Å². The Morgan fingerprint density at radius 2 is 1.90 bits per heavy atom. The Balaban J connectivity index is 2.63. The van der Waals surface area contributed by atoms with Crippen LogP contribution in [0.2, 0.25) is 0 Å². The van der Waals surface area contributed by atoms with Crippen LogP contribution in [0.5, 0.6) is 0 Å². The molecular formula is C12H18BrFN2O3S. The second kappa shape index (κ2) is 7.92. The van der Waals surface area contributed by atoms with E-state index in [1.54, 1.807) is 0 Å². The van der Waals surface area contributed by atoms with Gasteiger partial charge in [0.05, 0.1) is 0 Å². The second-order valence-corrected chi connectivity index (χ2v) is 6.93. The number of benzene rings is 1. The molecule has 0 aliphatic rings. The Morgan fingerprint density at radius 3 is 2.55 bits per heavy atom. The van der Waals surface area contributed by atoms with Crippen LogP contribution in [0.4, 0.5) is 10.1 Å². The van der Waals surface area contributed by atoms with E-state index < -0.39 is 20.7 Å². The number of aliphatic hydroxyl groups is 1. The number of nitrogens with one attached hydrogen (secondary N) is 1. The summed E-state index contributed by atoms with van der Waals surface area (Å²) in [6.07, 6.45) is 2.96. The van der Waals surface area contributed by atoms with Crippen LogP contribution in [0.25, 0.3) is 0 Å². The van der Waals surface area contributed by atoms with Crippen LogP contribution < -0.4 is 10.5 Å². The number of rotatable bonds is 8. The molecule has 0 atom stereocenters. The van der Waals surface area contributed by atoms with Gasteiger partial charge in [0.1, 0.15) is 10.7 Å². The number of sulfonamides is 1. The summed E-state index contributed by atoms with van der Waals surface area (Å²) in [4.78, 5) is -0.450. The van der Waals surface area contributed by atoms with E-state index in [4.69, 9.17) is 10.8 Å². The lowest BCUT2D eigenvalue weighted by atomic mass is 10.2. The predicted octanol–water partition coefficient (Wildman–Crippen LogP) is 2.00. The van der Waals surface area contributed by atoms with Gasteiger partial charge in [-0.2, -0.15) is 0 Å². The molecule has 0 bridgehead atoms. The number of nitrogen functional groups attached to an aromatic ring is 1. The second-order valence-electron chi connectivity index (χ2n) is 4.34. The van der Waals surface area contributed by atoms with Crippen molar-refractivity contribution in [2.24, 2.45) is 0 Å². The molecule has 0 aliphatic heterocycles.